The Hall–Kier alpha value is -0.990. The Kier molecular flexibility index (Phi) is 0.538. The van der Waals surface area contributed by atoms with Gasteiger partial charge in [-0.2, -0.15) is 0 Å². The maximum Gasteiger partial charge on any atom is 0.357 e. The number of H-pyrrole nitrogens is 1. The van der Waals surface area contributed by atoms with Crippen LogP contribution in [0.3, 0.4) is 0 Å². The first kappa shape index (κ1) is 3.21. The molecule has 0 spiro atoms. The Morgan fingerprint density at radius 3 is 2.83 bits per heavy atom. The first-order chi connectivity index (χ1) is 2.89. The second-order valence-electron chi connectivity index (χ2n) is 0.872. The lowest BCUT2D eigenvalue weighted by atomic mass is 10.8. The minimum absolute atomic E-state index is 0.338. The highest BCUT2D eigenvalue weighted by Crippen LogP contribution is 1.60. The standard InChI is InChI=1S/C3H3NO2/c5-3-1-2-4-6-3/h1-2,4H. The van der Waals surface area contributed by atoms with Gasteiger partial charge in [0.25, 0.3) is 0 Å². The van der Waals surface area contributed by atoms with Gasteiger partial charge in [0.1, 0.15) is 0 Å². The van der Waals surface area contributed by atoms with E-state index >= 15 is 0 Å². The number of aromatic amines is 1. The van der Waals surface area contributed by atoms with Gasteiger partial charge in [-0.15, -0.1) is 0 Å². The van der Waals surface area contributed by atoms with Crippen LogP contribution < -0.4 is 5.63 Å². The molecule has 0 amide bonds. The average Bonchev–Trinajstić information content (AvgIpc) is 1.86. The van der Waals surface area contributed by atoms with E-state index in [0.29, 0.717) is 0 Å². The molecule has 0 radical (unpaired) electrons. The normalized spacial score (nSPS) is 8.67. The molecule has 0 aromatic carbocycles. The Morgan fingerprint density at radius 1 is 1.83 bits per heavy atom. The summed E-state index contributed by atoms with van der Waals surface area (Å²) in [6.45, 7) is 0. The Balaban J connectivity index is 3.41. The number of aromatic nitrogens is 1. The van der Waals surface area contributed by atoms with Crippen LogP contribution in [0.1, 0.15) is 0 Å². The predicted octanol–water partition coefficient (Wildman–Crippen LogP) is -0.0321. The summed E-state index contributed by atoms with van der Waals surface area (Å²) < 4.78 is 4.15. The molecule has 6 heavy (non-hydrogen) atoms. The van der Waals surface area contributed by atoms with Crippen molar-refractivity contribution >= 4 is 0 Å². The van der Waals surface area contributed by atoms with E-state index in [0.717, 1.165) is 0 Å². The summed E-state index contributed by atoms with van der Waals surface area (Å²) in [6, 6.07) is 1.31. The van der Waals surface area contributed by atoms with Crippen molar-refractivity contribution in [2.45, 2.75) is 0 Å². The van der Waals surface area contributed by atoms with Crippen LogP contribution in [0.25, 0.3) is 0 Å². The molecule has 0 saturated carbocycles. The highest BCUT2D eigenvalue weighted by molar-refractivity contribution is 4.70. The molecule has 0 aliphatic heterocycles. The fourth-order valence-electron chi connectivity index (χ4n) is 0.228. The molecule has 32 valence electrons. The van der Waals surface area contributed by atoms with Crippen molar-refractivity contribution in [1.82, 2.24) is 5.16 Å². The summed E-state index contributed by atoms with van der Waals surface area (Å²) in [6.07, 6.45) is 1.43. The summed E-state index contributed by atoms with van der Waals surface area (Å²) in [7, 11) is 0. The van der Waals surface area contributed by atoms with Crippen LogP contribution in [0.15, 0.2) is 21.6 Å². The van der Waals surface area contributed by atoms with E-state index in [9.17, 15) is 4.79 Å². The first-order valence-corrected chi connectivity index (χ1v) is 1.52. The number of nitrogens with one attached hydrogen (secondary N) is 1. The summed E-state index contributed by atoms with van der Waals surface area (Å²) >= 11 is 0. The van der Waals surface area contributed by atoms with Crippen molar-refractivity contribution in [1.29, 1.82) is 0 Å². The summed E-state index contributed by atoms with van der Waals surface area (Å²) in [5.41, 5.74) is -0.338. The molecule has 0 saturated heterocycles. The molecule has 3 nitrogen and oxygen atoms in total. The van der Waals surface area contributed by atoms with Crippen molar-refractivity contribution in [3.8, 4) is 0 Å². The Bertz CT molecular complexity index is 147. The summed E-state index contributed by atoms with van der Waals surface area (Å²) in [5, 5.41) is 2.24. The van der Waals surface area contributed by atoms with E-state index in [2.05, 4.69) is 9.68 Å². The lowest BCUT2D eigenvalue weighted by Crippen LogP contribution is -1.84. The highest BCUT2D eigenvalue weighted by Gasteiger charge is 1.74. The largest absolute Gasteiger partial charge is 0.357 e. The number of hydrogen-bond donors (Lipinski definition) is 1. The van der Waals surface area contributed by atoms with Crippen molar-refractivity contribution in [2.24, 2.45) is 0 Å². The smallest absolute Gasteiger partial charge is 0.339 e. The molecule has 0 aliphatic rings. The molecule has 1 heterocycles. The van der Waals surface area contributed by atoms with Gasteiger partial charge in [0.15, 0.2) is 0 Å². The van der Waals surface area contributed by atoms with Crippen molar-refractivity contribution < 1.29 is 4.52 Å². The van der Waals surface area contributed by atoms with Gasteiger partial charge in [-0.3, -0.25) is 0 Å². The number of rotatable bonds is 0. The van der Waals surface area contributed by atoms with E-state index in [4.69, 9.17) is 0 Å². The van der Waals surface area contributed by atoms with Gasteiger partial charge in [-0.1, -0.05) is 0 Å². The van der Waals surface area contributed by atoms with Crippen LogP contribution >= 0.6 is 0 Å². The SMILES string of the molecule is O=c1cc[nH]o1. The van der Waals surface area contributed by atoms with Gasteiger partial charge in [0.2, 0.25) is 0 Å². The second-order valence-corrected chi connectivity index (χ2v) is 0.872. The van der Waals surface area contributed by atoms with Gasteiger partial charge in [0.05, 0.1) is 0 Å². The zero-order valence-corrected chi connectivity index (χ0v) is 2.97. The molecule has 1 aromatic heterocycles. The highest BCUT2D eigenvalue weighted by atomic mass is 16.5. The maximum absolute atomic E-state index is 9.87. The maximum atomic E-state index is 9.87. The quantitative estimate of drug-likeness (QED) is 0.480. The minimum Gasteiger partial charge on any atom is -0.339 e. The van der Waals surface area contributed by atoms with Gasteiger partial charge in [-0.05, 0) is 0 Å². The topological polar surface area (TPSA) is 46.0 Å². The van der Waals surface area contributed by atoms with Gasteiger partial charge in [-0.25, -0.2) is 9.95 Å². The Morgan fingerprint density at radius 2 is 2.67 bits per heavy atom. The zero-order valence-electron chi connectivity index (χ0n) is 2.97. The minimum atomic E-state index is -0.338. The molecule has 0 unspecified atom stereocenters. The fraction of sp³-hybridized carbons (Fsp3) is 0. The van der Waals surface area contributed by atoms with Crippen LogP contribution in [0, 0.1) is 0 Å². The average molecular weight is 85.1 g/mol. The van der Waals surface area contributed by atoms with Crippen molar-refractivity contribution in [2.75, 3.05) is 0 Å². The van der Waals surface area contributed by atoms with E-state index in [1.54, 1.807) is 0 Å². The fourth-order valence-corrected chi connectivity index (χ4v) is 0.228. The molecule has 0 bridgehead atoms. The second kappa shape index (κ2) is 1.01. The molecular formula is C3H3NO2. The van der Waals surface area contributed by atoms with Crippen LogP contribution in [0.2, 0.25) is 0 Å². The third-order valence-electron chi connectivity index (χ3n) is 0.447. The van der Waals surface area contributed by atoms with Crippen LogP contribution in [-0.4, -0.2) is 5.16 Å². The summed E-state index contributed by atoms with van der Waals surface area (Å²) in [4.78, 5) is 9.87. The van der Waals surface area contributed by atoms with Gasteiger partial charge < -0.3 is 4.52 Å². The van der Waals surface area contributed by atoms with E-state index < -0.39 is 0 Å². The molecule has 0 aliphatic carbocycles. The van der Waals surface area contributed by atoms with Crippen molar-refractivity contribution in [3.63, 3.8) is 0 Å². The molecule has 1 aromatic rings. The monoisotopic (exact) mass is 85.0 g/mol. The molecule has 0 atom stereocenters. The van der Waals surface area contributed by atoms with Gasteiger partial charge in [0, 0.05) is 12.3 Å². The van der Waals surface area contributed by atoms with E-state index in [-0.39, 0.29) is 5.63 Å². The zero-order chi connectivity index (χ0) is 4.41. The lowest BCUT2D eigenvalue weighted by molar-refractivity contribution is 0.391. The third kappa shape index (κ3) is 0.337. The third-order valence-corrected chi connectivity index (χ3v) is 0.447. The first-order valence-electron chi connectivity index (χ1n) is 1.52. The van der Waals surface area contributed by atoms with Crippen LogP contribution in [0.5, 0.6) is 0 Å². The molecule has 1 rings (SSSR count). The van der Waals surface area contributed by atoms with E-state index in [1.807, 2.05) is 0 Å². The number of hydrogen-bond acceptors (Lipinski definition) is 2. The molecule has 0 fully saturated rings. The van der Waals surface area contributed by atoms with Gasteiger partial charge >= 0.3 is 5.63 Å². The molecule has 1 N–H and O–H groups in total. The predicted molar refractivity (Wildman–Crippen MR) is 19.3 cm³/mol. The molecular weight excluding hydrogens is 82.0 g/mol. The lowest BCUT2D eigenvalue weighted by Gasteiger charge is -1.54. The van der Waals surface area contributed by atoms with Crippen LogP contribution in [-0.2, 0) is 0 Å². The van der Waals surface area contributed by atoms with Crippen LogP contribution in [0.4, 0.5) is 0 Å². The summed E-state index contributed by atoms with van der Waals surface area (Å²) in [5.74, 6) is 0. The van der Waals surface area contributed by atoms with Crippen molar-refractivity contribution in [3.05, 3.63) is 22.7 Å². The molecule has 3 heteroatoms. The Labute approximate surface area is 33.6 Å². The van der Waals surface area contributed by atoms with E-state index in [1.165, 1.54) is 12.3 Å².